The first-order valence-electron chi connectivity index (χ1n) is 6.70. The summed E-state index contributed by atoms with van der Waals surface area (Å²) in [5, 5.41) is 3.54. The van der Waals surface area contributed by atoms with Gasteiger partial charge in [-0.05, 0) is 31.5 Å². The number of amides is 1. The van der Waals surface area contributed by atoms with Crippen molar-refractivity contribution in [2.45, 2.75) is 56.3 Å². The third kappa shape index (κ3) is 6.12. The van der Waals surface area contributed by atoms with Gasteiger partial charge in [0.05, 0.1) is 6.04 Å². The van der Waals surface area contributed by atoms with E-state index in [1.54, 1.807) is 0 Å². The fourth-order valence-corrected chi connectivity index (χ4v) is 2.62. The van der Waals surface area contributed by atoms with Gasteiger partial charge in [0.2, 0.25) is 5.91 Å². The lowest BCUT2D eigenvalue weighted by Gasteiger charge is -2.16. The molecule has 1 rings (SSSR count). The Hall–Kier alpha value is -1.00. The van der Waals surface area contributed by atoms with E-state index in [9.17, 15) is 4.79 Å². The minimum absolute atomic E-state index is 0.00290. The molecule has 3 nitrogen and oxygen atoms in total. The van der Waals surface area contributed by atoms with Crippen molar-refractivity contribution in [2.75, 3.05) is 0 Å². The Kier molecular flexibility index (Phi) is 6.38. The first-order valence-corrected chi connectivity index (χ1v) is 7.58. The minimum Gasteiger partial charge on any atom is -0.350 e. The number of nitrogens with two attached hydrogens (primary N) is 1. The minimum atomic E-state index is -0.1000. The molecule has 0 aliphatic rings. The van der Waals surface area contributed by atoms with E-state index in [-0.39, 0.29) is 18.0 Å². The number of rotatable bonds is 6. The van der Waals surface area contributed by atoms with Crippen molar-refractivity contribution in [3.63, 3.8) is 0 Å². The summed E-state index contributed by atoms with van der Waals surface area (Å²) in [6.45, 7) is 8.18. The molecule has 3 N–H and O–H groups in total. The van der Waals surface area contributed by atoms with Crippen molar-refractivity contribution in [1.82, 2.24) is 5.32 Å². The Morgan fingerprint density at radius 2 is 1.79 bits per heavy atom. The van der Waals surface area contributed by atoms with E-state index in [1.807, 2.05) is 25.6 Å². The van der Waals surface area contributed by atoms with Crippen LogP contribution in [-0.4, -0.2) is 17.2 Å². The third-order valence-electron chi connectivity index (χ3n) is 2.64. The molecule has 1 aromatic rings. The van der Waals surface area contributed by atoms with E-state index in [1.165, 1.54) is 4.90 Å². The van der Waals surface area contributed by atoms with Gasteiger partial charge in [0, 0.05) is 22.6 Å². The van der Waals surface area contributed by atoms with Gasteiger partial charge in [-0.3, -0.25) is 4.79 Å². The molecule has 0 aliphatic heterocycles. The largest absolute Gasteiger partial charge is 0.350 e. The van der Waals surface area contributed by atoms with Crippen LogP contribution in [0.25, 0.3) is 0 Å². The summed E-state index contributed by atoms with van der Waals surface area (Å²) in [6, 6.07) is 8.27. The normalized spacial score (nSPS) is 14.2. The molecule has 0 saturated heterocycles. The molecular formula is C15H24N2OS. The number of carbonyl (C=O) groups is 1. The van der Waals surface area contributed by atoms with E-state index >= 15 is 0 Å². The Morgan fingerprint density at radius 1 is 1.21 bits per heavy atom. The second-order valence-corrected chi connectivity index (χ2v) is 6.86. The van der Waals surface area contributed by atoms with Crippen molar-refractivity contribution in [3.8, 4) is 0 Å². The zero-order chi connectivity index (χ0) is 14.4. The van der Waals surface area contributed by atoms with Crippen LogP contribution in [0.15, 0.2) is 29.2 Å². The quantitative estimate of drug-likeness (QED) is 0.787. The molecule has 0 bridgehead atoms. The predicted molar refractivity (Wildman–Crippen MR) is 82.3 cm³/mol. The van der Waals surface area contributed by atoms with E-state index in [0.717, 1.165) is 5.56 Å². The third-order valence-corrected chi connectivity index (χ3v) is 3.65. The highest BCUT2D eigenvalue weighted by atomic mass is 32.2. The first kappa shape index (κ1) is 16.1. The van der Waals surface area contributed by atoms with Gasteiger partial charge in [-0.2, -0.15) is 0 Å². The summed E-state index contributed by atoms with van der Waals surface area (Å²) in [4.78, 5) is 12.9. The highest BCUT2D eigenvalue weighted by Gasteiger charge is 2.11. The molecule has 0 radical (unpaired) electrons. The Balaban J connectivity index is 2.57. The fourth-order valence-electron chi connectivity index (χ4n) is 1.78. The molecule has 0 saturated carbocycles. The van der Waals surface area contributed by atoms with Gasteiger partial charge in [-0.25, -0.2) is 0 Å². The summed E-state index contributed by atoms with van der Waals surface area (Å²) in [5.41, 5.74) is 6.73. The van der Waals surface area contributed by atoms with Gasteiger partial charge < -0.3 is 11.1 Å². The molecular weight excluding hydrogens is 256 g/mol. The maximum atomic E-state index is 11.7. The van der Waals surface area contributed by atoms with Crippen molar-refractivity contribution in [3.05, 3.63) is 29.8 Å². The molecule has 4 heteroatoms. The molecule has 2 unspecified atom stereocenters. The van der Waals surface area contributed by atoms with Crippen LogP contribution >= 0.6 is 11.8 Å². The van der Waals surface area contributed by atoms with E-state index < -0.39 is 0 Å². The lowest BCUT2D eigenvalue weighted by atomic mass is 10.1. The number of hydrogen-bond donors (Lipinski definition) is 2. The smallest absolute Gasteiger partial charge is 0.222 e. The van der Waals surface area contributed by atoms with Crippen molar-refractivity contribution in [2.24, 2.45) is 5.73 Å². The van der Waals surface area contributed by atoms with Crippen LogP contribution in [0.3, 0.4) is 0 Å². The van der Waals surface area contributed by atoms with Crippen LogP contribution in [0.4, 0.5) is 0 Å². The van der Waals surface area contributed by atoms with Crippen LogP contribution in [-0.2, 0) is 4.79 Å². The molecule has 0 fully saturated rings. The van der Waals surface area contributed by atoms with Gasteiger partial charge in [0.25, 0.3) is 0 Å². The lowest BCUT2D eigenvalue weighted by molar-refractivity contribution is -0.122. The molecule has 1 amide bonds. The summed E-state index contributed by atoms with van der Waals surface area (Å²) in [7, 11) is 0. The zero-order valence-electron chi connectivity index (χ0n) is 12.1. The number of thioether (sulfide) groups is 1. The van der Waals surface area contributed by atoms with E-state index in [2.05, 4.69) is 43.4 Å². The van der Waals surface area contributed by atoms with Crippen LogP contribution in [0.2, 0.25) is 0 Å². The SMILES string of the molecule is CC(N)CC(=O)NC(C)c1ccc(SC(C)C)cc1. The Morgan fingerprint density at radius 3 is 2.26 bits per heavy atom. The van der Waals surface area contributed by atoms with Gasteiger partial charge >= 0.3 is 0 Å². The van der Waals surface area contributed by atoms with Crippen molar-refractivity contribution >= 4 is 17.7 Å². The summed E-state index contributed by atoms with van der Waals surface area (Å²) in [5.74, 6) is 0.00290. The molecule has 0 heterocycles. The standard InChI is InChI=1S/C15H24N2OS/c1-10(2)19-14-7-5-13(6-8-14)12(4)17-15(18)9-11(3)16/h5-8,10-12H,9,16H2,1-4H3,(H,17,18). The van der Waals surface area contributed by atoms with Crippen LogP contribution in [0.1, 0.15) is 45.7 Å². The van der Waals surface area contributed by atoms with Gasteiger partial charge in [0.15, 0.2) is 0 Å². The number of nitrogens with one attached hydrogen (secondary N) is 1. The molecule has 19 heavy (non-hydrogen) atoms. The van der Waals surface area contributed by atoms with E-state index in [4.69, 9.17) is 5.73 Å². The monoisotopic (exact) mass is 280 g/mol. The maximum Gasteiger partial charge on any atom is 0.222 e. The second kappa shape index (κ2) is 7.56. The van der Waals surface area contributed by atoms with Crippen molar-refractivity contribution < 1.29 is 4.79 Å². The zero-order valence-corrected chi connectivity index (χ0v) is 13.0. The summed E-state index contributed by atoms with van der Waals surface area (Å²) in [6.07, 6.45) is 0.367. The molecule has 1 aromatic carbocycles. The Labute approximate surface area is 120 Å². The molecule has 106 valence electrons. The summed E-state index contributed by atoms with van der Waals surface area (Å²) < 4.78 is 0. The summed E-state index contributed by atoms with van der Waals surface area (Å²) >= 11 is 1.84. The number of carbonyl (C=O) groups excluding carboxylic acids is 1. The first-order chi connectivity index (χ1) is 8.88. The predicted octanol–water partition coefficient (Wildman–Crippen LogP) is 3.10. The van der Waals surface area contributed by atoms with Crippen LogP contribution < -0.4 is 11.1 Å². The van der Waals surface area contributed by atoms with Gasteiger partial charge in [-0.1, -0.05) is 26.0 Å². The van der Waals surface area contributed by atoms with E-state index in [0.29, 0.717) is 11.7 Å². The topological polar surface area (TPSA) is 55.1 Å². The molecule has 0 spiro atoms. The average molecular weight is 280 g/mol. The number of benzene rings is 1. The highest BCUT2D eigenvalue weighted by Crippen LogP contribution is 2.24. The van der Waals surface area contributed by atoms with Gasteiger partial charge in [0.1, 0.15) is 0 Å². The maximum absolute atomic E-state index is 11.7. The van der Waals surface area contributed by atoms with Crippen LogP contribution in [0, 0.1) is 0 Å². The lowest BCUT2D eigenvalue weighted by Crippen LogP contribution is -2.31. The van der Waals surface area contributed by atoms with Gasteiger partial charge in [-0.15, -0.1) is 11.8 Å². The molecule has 2 atom stereocenters. The Bertz CT molecular complexity index is 401. The average Bonchev–Trinajstić information content (AvgIpc) is 2.27. The van der Waals surface area contributed by atoms with Crippen molar-refractivity contribution in [1.29, 1.82) is 0 Å². The fraction of sp³-hybridized carbons (Fsp3) is 0.533. The van der Waals surface area contributed by atoms with Crippen LogP contribution in [0.5, 0.6) is 0 Å². The molecule has 0 aliphatic carbocycles. The molecule has 0 aromatic heterocycles. The number of hydrogen-bond acceptors (Lipinski definition) is 3. The second-order valence-electron chi connectivity index (χ2n) is 5.21. The highest BCUT2D eigenvalue weighted by molar-refractivity contribution is 7.99.